The van der Waals surface area contributed by atoms with E-state index in [4.69, 9.17) is 19.6 Å². The van der Waals surface area contributed by atoms with E-state index in [1.165, 1.54) is 4.90 Å². The second-order valence-electron chi connectivity index (χ2n) is 6.26. The first-order valence-corrected chi connectivity index (χ1v) is 9.38. The molecule has 2 amide bonds. The van der Waals surface area contributed by atoms with E-state index in [0.29, 0.717) is 42.8 Å². The van der Waals surface area contributed by atoms with E-state index < -0.39 is 6.03 Å². The van der Waals surface area contributed by atoms with Gasteiger partial charge in [0.25, 0.3) is 0 Å². The van der Waals surface area contributed by atoms with Crippen LogP contribution in [-0.4, -0.2) is 44.2 Å². The Morgan fingerprint density at radius 3 is 2.10 bits per heavy atom. The zero-order valence-electron chi connectivity index (χ0n) is 17.2. The van der Waals surface area contributed by atoms with Gasteiger partial charge < -0.3 is 24.4 Å². The van der Waals surface area contributed by atoms with Crippen LogP contribution in [0.4, 0.5) is 10.5 Å². The van der Waals surface area contributed by atoms with Crippen molar-refractivity contribution in [3.05, 3.63) is 48.0 Å². The molecule has 0 bridgehead atoms. The fourth-order valence-electron chi connectivity index (χ4n) is 2.42. The van der Waals surface area contributed by atoms with E-state index >= 15 is 0 Å². The lowest BCUT2D eigenvalue weighted by molar-refractivity contribution is 0.254. The number of rotatable bonds is 8. The average Bonchev–Trinajstić information content (AvgIpc) is 2.69. The number of guanidine groups is 1. The van der Waals surface area contributed by atoms with E-state index in [1.54, 1.807) is 26.2 Å². The summed E-state index contributed by atoms with van der Waals surface area (Å²) < 4.78 is 17.3. The molecule has 8 nitrogen and oxygen atoms in total. The maximum Gasteiger partial charge on any atom is 0.326 e. The quantitative estimate of drug-likeness (QED) is 0.464. The molecule has 2 rings (SSSR count). The van der Waals surface area contributed by atoms with Crippen LogP contribution in [-0.2, 0) is 6.61 Å². The summed E-state index contributed by atoms with van der Waals surface area (Å²) in [7, 11) is 3.33. The molecule has 2 aromatic rings. The molecule has 0 atom stereocenters. The molecule has 0 aliphatic carbocycles. The van der Waals surface area contributed by atoms with Crippen LogP contribution in [0.3, 0.4) is 0 Å². The van der Waals surface area contributed by atoms with Gasteiger partial charge in [-0.25, -0.2) is 4.79 Å². The largest absolute Gasteiger partial charge is 0.491 e. The van der Waals surface area contributed by atoms with Gasteiger partial charge >= 0.3 is 6.03 Å². The molecule has 156 valence electrons. The summed E-state index contributed by atoms with van der Waals surface area (Å²) in [6.07, 6.45) is 0. The predicted molar refractivity (Wildman–Crippen MR) is 113 cm³/mol. The molecular formula is C21H28N4O4. The number of nitrogens with zero attached hydrogens (tertiary/aromatic N) is 1. The first-order chi connectivity index (χ1) is 13.9. The first kappa shape index (κ1) is 21.9. The molecule has 3 N–H and O–H groups in total. The number of hydrogen-bond acceptors (Lipinski definition) is 5. The summed E-state index contributed by atoms with van der Waals surface area (Å²) in [5.74, 6) is 1.37. The predicted octanol–water partition coefficient (Wildman–Crippen LogP) is 3.68. The third-order valence-corrected chi connectivity index (χ3v) is 3.81. The molecule has 0 unspecified atom stereocenters. The molecule has 29 heavy (non-hydrogen) atoms. The Labute approximate surface area is 171 Å². The molecule has 0 spiro atoms. The molecular weight excluding hydrogens is 372 g/mol. The van der Waals surface area contributed by atoms with E-state index in [9.17, 15) is 4.79 Å². The Hall–Kier alpha value is -3.42. The van der Waals surface area contributed by atoms with Crippen LogP contribution in [0.15, 0.2) is 42.5 Å². The number of urea groups is 1. The Kier molecular flexibility index (Phi) is 8.14. The van der Waals surface area contributed by atoms with Gasteiger partial charge in [0.1, 0.15) is 29.5 Å². The number of benzene rings is 2. The fourth-order valence-corrected chi connectivity index (χ4v) is 2.42. The standard InChI is InChI=1S/C21H28N4O4/c1-5-27-17-12-16(29-14-15-10-8-7-9-11-15)13-18(28-6-2)19(17)23-21(26)24-20(22)25(3)4/h7-13H,5-6,14H2,1-4H3,(H3,22,23,24,26). The molecule has 0 fully saturated rings. The number of hydrogen-bond donors (Lipinski definition) is 3. The lowest BCUT2D eigenvalue weighted by Gasteiger charge is -2.19. The zero-order valence-corrected chi connectivity index (χ0v) is 17.2. The van der Waals surface area contributed by atoms with Crippen LogP contribution < -0.4 is 24.8 Å². The highest BCUT2D eigenvalue weighted by atomic mass is 16.5. The normalized spacial score (nSPS) is 10.1. The number of ether oxygens (including phenoxy) is 3. The van der Waals surface area contributed by atoms with Crippen molar-refractivity contribution in [2.24, 2.45) is 0 Å². The minimum absolute atomic E-state index is 0.0405. The highest BCUT2D eigenvalue weighted by molar-refractivity contribution is 6.02. The molecule has 0 aliphatic rings. The van der Waals surface area contributed by atoms with Gasteiger partial charge in [0.15, 0.2) is 5.96 Å². The highest BCUT2D eigenvalue weighted by Crippen LogP contribution is 2.39. The molecule has 0 aromatic heterocycles. The number of carbonyl (C=O) groups is 1. The molecule has 0 saturated heterocycles. The van der Waals surface area contributed by atoms with Gasteiger partial charge in [0.05, 0.1) is 13.2 Å². The van der Waals surface area contributed by atoms with Crippen LogP contribution in [0.25, 0.3) is 0 Å². The lowest BCUT2D eigenvalue weighted by atomic mass is 10.2. The van der Waals surface area contributed by atoms with Crippen LogP contribution in [0, 0.1) is 5.41 Å². The molecule has 0 heterocycles. The average molecular weight is 400 g/mol. The summed E-state index contributed by atoms with van der Waals surface area (Å²) in [5.41, 5.74) is 1.41. The third kappa shape index (κ3) is 6.60. The van der Waals surface area contributed by atoms with Crippen molar-refractivity contribution in [1.82, 2.24) is 10.2 Å². The highest BCUT2D eigenvalue weighted by Gasteiger charge is 2.18. The smallest absolute Gasteiger partial charge is 0.326 e. The summed E-state index contributed by atoms with van der Waals surface area (Å²) in [6.45, 7) is 4.90. The number of carbonyl (C=O) groups excluding carboxylic acids is 1. The monoisotopic (exact) mass is 400 g/mol. The van der Waals surface area contributed by atoms with E-state index in [2.05, 4.69) is 10.6 Å². The SMILES string of the molecule is CCOc1cc(OCc2ccccc2)cc(OCC)c1NC(=O)NC(=N)N(C)C. The van der Waals surface area contributed by atoms with Crippen LogP contribution >= 0.6 is 0 Å². The third-order valence-electron chi connectivity index (χ3n) is 3.81. The van der Waals surface area contributed by atoms with Crippen LogP contribution in [0.2, 0.25) is 0 Å². The maximum atomic E-state index is 12.3. The Bertz CT molecular complexity index is 798. The van der Waals surface area contributed by atoms with Gasteiger partial charge in [-0.2, -0.15) is 0 Å². The molecule has 0 saturated carbocycles. The van der Waals surface area contributed by atoms with Gasteiger partial charge in [-0.05, 0) is 19.4 Å². The minimum Gasteiger partial charge on any atom is -0.491 e. The molecule has 2 aromatic carbocycles. The molecule has 0 aliphatic heterocycles. The van der Waals surface area contributed by atoms with Crippen molar-refractivity contribution in [2.45, 2.75) is 20.5 Å². The van der Waals surface area contributed by atoms with Crippen molar-refractivity contribution >= 4 is 17.7 Å². The van der Waals surface area contributed by atoms with Gasteiger partial charge in [-0.1, -0.05) is 30.3 Å². The summed E-state index contributed by atoms with van der Waals surface area (Å²) in [5, 5.41) is 12.9. The molecule has 8 heteroatoms. The van der Waals surface area contributed by atoms with Gasteiger partial charge in [0.2, 0.25) is 0 Å². The van der Waals surface area contributed by atoms with Crippen molar-refractivity contribution < 1.29 is 19.0 Å². The van der Waals surface area contributed by atoms with Crippen LogP contribution in [0.1, 0.15) is 19.4 Å². The van der Waals surface area contributed by atoms with Gasteiger partial charge in [-0.15, -0.1) is 0 Å². The summed E-state index contributed by atoms with van der Waals surface area (Å²) >= 11 is 0. The number of amides is 2. The lowest BCUT2D eigenvalue weighted by Crippen LogP contribution is -2.41. The number of nitrogens with one attached hydrogen (secondary N) is 3. The fraction of sp³-hybridized carbons (Fsp3) is 0.333. The summed E-state index contributed by atoms with van der Waals surface area (Å²) in [6, 6.07) is 12.7. The van der Waals surface area contributed by atoms with E-state index in [0.717, 1.165) is 5.56 Å². The zero-order chi connectivity index (χ0) is 21.2. The van der Waals surface area contributed by atoms with Crippen molar-refractivity contribution in [3.63, 3.8) is 0 Å². The van der Waals surface area contributed by atoms with E-state index in [-0.39, 0.29) is 5.96 Å². The van der Waals surface area contributed by atoms with E-state index in [1.807, 2.05) is 44.2 Å². The second-order valence-corrected chi connectivity index (χ2v) is 6.26. The van der Waals surface area contributed by atoms with Crippen molar-refractivity contribution in [3.8, 4) is 17.2 Å². The number of anilines is 1. The molecule has 0 radical (unpaired) electrons. The first-order valence-electron chi connectivity index (χ1n) is 9.38. The summed E-state index contributed by atoms with van der Waals surface area (Å²) in [4.78, 5) is 13.8. The second kappa shape index (κ2) is 10.8. The minimum atomic E-state index is -0.566. The van der Waals surface area contributed by atoms with Crippen molar-refractivity contribution in [1.29, 1.82) is 5.41 Å². The Morgan fingerprint density at radius 1 is 1.00 bits per heavy atom. The topological polar surface area (TPSA) is 95.9 Å². The maximum absolute atomic E-state index is 12.3. The Balaban J connectivity index is 2.26. The van der Waals surface area contributed by atoms with Gasteiger partial charge in [0, 0.05) is 26.2 Å². The van der Waals surface area contributed by atoms with Crippen LogP contribution in [0.5, 0.6) is 17.2 Å². The van der Waals surface area contributed by atoms with Crippen molar-refractivity contribution in [2.75, 3.05) is 32.6 Å². The Morgan fingerprint density at radius 2 is 1.59 bits per heavy atom. The van der Waals surface area contributed by atoms with Gasteiger partial charge in [-0.3, -0.25) is 10.7 Å².